The second-order valence-electron chi connectivity index (χ2n) is 6.34. The number of anilines is 1. The Hall–Kier alpha value is -3.04. The molecule has 28 heavy (non-hydrogen) atoms. The number of amides is 1. The highest BCUT2D eigenvalue weighted by Crippen LogP contribution is 2.28. The molecule has 1 amide bonds. The largest absolute Gasteiger partial charge is 0.352 e. The van der Waals surface area contributed by atoms with E-state index in [1.165, 1.54) is 0 Å². The first kappa shape index (κ1) is 18.3. The van der Waals surface area contributed by atoms with Gasteiger partial charge in [-0.3, -0.25) is 19.5 Å². The SMILES string of the molecule is CCNC(=O)c1ccc(SN2C=C(Nc3cc(C)[nH]n3)[N+]3C=CN=C3C2)cc1. The molecule has 3 N–H and O–H groups in total. The van der Waals surface area contributed by atoms with Gasteiger partial charge in [-0.2, -0.15) is 10.1 Å². The molecule has 0 saturated carbocycles. The minimum atomic E-state index is -0.0558. The molecule has 4 rings (SSSR count). The number of benzene rings is 1. The molecule has 8 nitrogen and oxygen atoms in total. The van der Waals surface area contributed by atoms with Crippen LogP contribution in [0.3, 0.4) is 0 Å². The molecule has 0 unspecified atom stereocenters. The van der Waals surface area contributed by atoms with Crippen molar-refractivity contribution >= 4 is 29.5 Å². The molecular formula is C19H21N7OS+. The van der Waals surface area contributed by atoms with Crippen LogP contribution in [0.5, 0.6) is 0 Å². The van der Waals surface area contributed by atoms with E-state index in [9.17, 15) is 4.79 Å². The van der Waals surface area contributed by atoms with Gasteiger partial charge in [-0.1, -0.05) is 0 Å². The molecule has 1 aromatic carbocycles. The quantitative estimate of drug-likeness (QED) is 0.517. The van der Waals surface area contributed by atoms with E-state index in [1.807, 2.05) is 61.5 Å². The molecule has 2 aliphatic rings. The smallest absolute Gasteiger partial charge is 0.285 e. The number of rotatable bonds is 6. The molecule has 0 atom stereocenters. The predicted molar refractivity (Wildman–Crippen MR) is 111 cm³/mol. The minimum absolute atomic E-state index is 0.0558. The number of aliphatic imine (C=N–C) groups is 1. The Morgan fingerprint density at radius 2 is 2.18 bits per heavy atom. The first-order chi connectivity index (χ1) is 13.6. The molecule has 2 aliphatic heterocycles. The highest BCUT2D eigenvalue weighted by molar-refractivity contribution is 7.97. The number of aromatic nitrogens is 2. The van der Waals surface area contributed by atoms with Gasteiger partial charge in [0.05, 0.1) is 12.4 Å². The van der Waals surface area contributed by atoms with Crippen molar-refractivity contribution in [1.82, 2.24) is 24.7 Å². The maximum Gasteiger partial charge on any atom is 0.285 e. The topological polar surface area (TPSA) is 91.3 Å². The number of H-pyrrole nitrogens is 1. The van der Waals surface area contributed by atoms with Crippen LogP contribution in [0, 0.1) is 6.92 Å². The van der Waals surface area contributed by atoms with E-state index in [0.29, 0.717) is 18.7 Å². The Morgan fingerprint density at radius 1 is 1.36 bits per heavy atom. The Bertz CT molecular complexity index is 961. The van der Waals surface area contributed by atoms with Crippen LogP contribution in [-0.4, -0.2) is 39.3 Å². The van der Waals surface area contributed by atoms with Gasteiger partial charge in [0, 0.05) is 28.8 Å². The van der Waals surface area contributed by atoms with Gasteiger partial charge < -0.3 is 5.32 Å². The zero-order chi connectivity index (χ0) is 19.5. The molecule has 0 spiro atoms. The van der Waals surface area contributed by atoms with Gasteiger partial charge in [0.15, 0.2) is 12.0 Å². The van der Waals surface area contributed by atoms with E-state index in [2.05, 4.69) is 30.1 Å². The minimum Gasteiger partial charge on any atom is -0.352 e. The van der Waals surface area contributed by atoms with Gasteiger partial charge in [0.25, 0.3) is 17.6 Å². The third-order valence-electron chi connectivity index (χ3n) is 4.18. The highest BCUT2D eigenvalue weighted by atomic mass is 32.2. The molecule has 0 fully saturated rings. The maximum absolute atomic E-state index is 11.9. The second kappa shape index (κ2) is 7.91. The molecule has 1 radical (unpaired) electrons. The van der Waals surface area contributed by atoms with Crippen molar-refractivity contribution in [2.75, 3.05) is 18.4 Å². The Labute approximate surface area is 167 Å². The van der Waals surface area contributed by atoms with E-state index >= 15 is 0 Å². The number of hydrogen-bond donors (Lipinski definition) is 3. The number of aryl methyl sites for hydroxylation is 1. The molecule has 0 aliphatic carbocycles. The first-order valence-corrected chi connectivity index (χ1v) is 9.76. The van der Waals surface area contributed by atoms with Crippen LogP contribution in [0.25, 0.3) is 0 Å². The summed E-state index contributed by atoms with van der Waals surface area (Å²) in [6, 6.07) is 9.54. The Kier molecular flexibility index (Phi) is 5.18. The van der Waals surface area contributed by atoms with Crippen LogP contribution in [0.1, 0.15) is 23.0 Å². The average Bonchev–Trinajstić information content (AvgIpc) is 3.31. The summed E-state index contributed by atoms with van der Waals surface area (Å²) >= 11 is 1.59. The van der Waals surface area contributed by atoms with Crippen LogP contribution in [0.2, 0.25) is 0 Å². The second-order valence-corrected chi connectivity index (χ2v) is 7.46. The molecule has 143 valence electrons. The molecule has 9 heteroatoms. The van der Waals surface area contributed by atoms with Gasteiger partial charge >= 0.3 is 0 Å². The third kappa shape index (κ3) is 3.95. The number of carbonyl (C=O) groups is 1. The van der Waals surface area contributed by atoms with Crippen molar-refractivity contribution in [3.8, 4) is 0 Å². The summed E-state index contributed by atoms with van der Waals surface area (Å²) in [4.78, 5) is 19.4. The molecule has 3 heterocycles. The molecule has 2 aromatic rings. The van der Waals surface area contributed by atoms with Crippen molar-refractivity contribution in [3.05, 3.63) is 66.0 Å². The van der Waals surface area contributed by atoms with Gasteiger partial charge in [0.2, 0.25) is 0 Å². The average molecular weight is 395 g/mol. The lowest BCUT2D eigenvalue weighted by Gasteiger charge is -2.24. The standard InChI is InChI=1S/C19H21N7OS/c1-3-20-19(27)14-4-6-15(7-5-14)28-25-11-17-21-8-9-26(17)18(12-25)22-16-10-13(2)23-24-16/h4-10,12H,3,11H2,1-2H3,(H,20,27)(H2,22,23,24)/q+1. The van der Waals surface area contributed by atoms with Crippen molar-refractivity contribution in [1.29, 1.82) is 0 Å². The Morgan fingerprint density at radius 3 is 2.89 bits per heavy atom. The number of aromatic amines is 1. The monoisotopic (exact) mass is 395 g/mol. The number of nitrogens with zero attached hydrogens (tertiary/aromatic N) is 4. The summed E-state index contributed by atoms with van der Waals surface area (Å²) in [5, 5.41) is 13.3. The lowest BCUT2D eigenvalue weighted by atomic mass is 10.2. The zero-order valence-electron chi connectivity index (χ0n) is 15.6. The lowest BCUT2D eigenvalue weighted by Crippen LogP contribution is -2.42. The molecular weight excluding hydrogens is 374 g/mol. The number of nitrogens with one attached hydrogen (secondary N) is 3. The van der Waals surface area contributed by atoms with Crippen LogP contribution in [0.4, 0.5) is 5.82 Å². The van der Waals surface area contributed by atoms with E-state index in [4.69, 9.17) is 0 Å². The zero-order valence-corrected chi connectivity index (χ0v) is 16.5. The molecule has 1 aromatic heterocycles. The summed E-state index contributed by atoms with van der Waals surface area (Å²) < 4.78 is 2.10. The Balaban J connectivity index is 1.50. The summed E-state index contributed by atoms with van der Waals surface area (Å²) in [6.45, 7) is 5.15. The summed E-state index contributed by atoms with van der Waals surface area (Å²) in [5.74, 6) is 2.50. The summed E-state index contributed by atoms with van der Waals surface area (Å²) in [5.41, 5.74) is 1.65. The van der Waals surface area contributed by atoms with Crippen molar-refractivity contribution in [2.45, 2.75) is 18.7 Å². The number of hydrogen-bond acceptors (Lipinski definition) is 7. The normalized spacial score (nSPS) is 15.9. The number of carbonyl (C=O) groups excluding carboxylic acids is 1. The van der Waals surface area contributed by atoms with E-state index in [1.54, 1.807) is 18.1 Å². The summed E-state index contributed by atoms with van der Waals surface area (Å²) in [7, 11) is 0. The van der Waals surface area contributed by atoms with Crippen LogP contribution >= 0.6 is 11.9 Å². The maximum atomic E-state index is 11.9. The van der Waals surface area contributed by atoms with E-state index in [0.717, 1.165) is 28.1 Å². The van der Waals surface area contributed by atoms with Gasteiger partial charge in [-0.05, 0) is 55.0 Å². The molecule has 0 saturated heterocycles. The van der Waals surface area contributed by atoms with E-state index in [-0.39, 0.29) is 5.91 Å². The van der Waals surface area contributed by atoms with Crippen LogP contribution in [-0.2, 0) is 0 Å². The van der Waals surface area contributed by atoms with Crippen molar-refractivity contribution < 1.29 is 4.79 Å². The number of fused-ring (bicyclic) bond motifs is 1. The van der Waals surface area contributed by atoms with Gasteiger partial charge in [0.1, 0.15) is 6.54 Å². The van der Waals surface area contributed by atoms with Gasteiger partial charge in [-0.25, -0.2) is 0 Å². The van der Waals surface area contributed by atoms with Crippen molar-refractivity contribution in [2.24, 2.45) is 4.99 Å². The fourth-order valence-corrected chi connectivity index (χ4v) is 3.74. The van der Waals surface area contributed by atoms with E-state index < -0.39 is 0 Å². The van der Waals surface area contributed by atoms with Crippen LogP contribution < -0.4 is 15.5 Å². The fraction of sp³-hybridized carbons (Fsp3) is 0.211. The van der Waals surface area contributed by atoms with Crippen LogP contribution in [0.15, 0.2) is 64.6 Å². The number of amidine groups is 1. The lowest BCUT2D eigenvalue weighted by molar-refractivity contribution is 0.0956. The van der Waals surface area contributed by atoms with Crippen molar-refractivity contribution in [3.63, 3.8) is 0 Å². The predicted octanol–water partition coefficient (Wildman–Crippen LogP) is 2.72. The highest BCUT2D eigenvalue weighted by Gasteiger charge is 2.37. The summed E-state index contributed by atoms with van der Waals surface area (Å²) in [6.07, 6.45) is 5.74. The first-order valence-electron chi connectivity index (χ1n) is 8.98. The van der Waals surface area contributed by atoms with Gasteiger partial charge in [-0.15, -0.1) is 0 Å². The fourth-order valence-electron chi connectivity index (χ4n) is 2.88. The third-order valence-corrected chi connectivity index (χ3v) is 5.13. The molecule has 0 bridgehead atoms.